The fourth-order valence-electron chi connectivity index (χ4n) is 1.24. The molecule has 0 aliphatic carbocycles. The van der Waals surface area contributed by atoms with Crippen LogP contribution in [0.1, 0.15) is 29.4 Å². The van der Waals surface area contributed by atoms with Gasteiger partial charge in [-0.3, -0.25) is 9.78 Å². The van der Waals surface area contributed by atoms with E-state index in [-0.39, 0.29) is 5.91 Å². The van der Waals surface area contributed by atoms with Gasteiger partial charge in [-0.25, -0.2) is 0 Å². The number of unbranched alkanes of at least 4 members (excludes halogenated alkanes) is 1. The van der Waals surface area contributed by atoms with Crippen molar-refractivity contribution < 1.29 is 4.79 Å². The first-order valence-corrected chi connectivity index (χ1v) is 6.44. The molecular formula is C10H15ClN2OS. The molecule has 1 aromatic heterocycles. The highest BCUT2D eigenvalue weighted by Crippen LogP contribution is 2.10. The van der Waals surface area contributed by atoms with E-state index in [0.29, 0.717) is 17.3 Å². The lowest BCUT2D eigenvalue weighted by atomic mass is 10.3. The van der Waals surface area contributed by atoms with Crippen molar-refractivity contribution in [3.8, 4) is 0 Å². The fourth-order valence-corrected chi connectivity index (χ4v) is 2.03. The molecule has 15 heavy (non-hydrogen) atoms. The Morgan fingerprint density at radius 1 is 1.60 bits per heavy atom. The lowest BCUT2D eigenvalue weighted by Crippen LogP contribution is -2.33. The average Bonchev–Trinajstić information content (AvgIpc) is 2.76. The van der Waals surface area contributed by atoms with Crippen LogP contribution in [0.4, 0.5) is 0 Å². The van der Waals surface area contributed by atoms with Gasteiger partial charge >= 0.3 is 0 Å². The van der Waals surface area contributed by atoms with Crippen molar-refractivity contribution >= 4 is 28.8 Å². The van der Waals surface area contributed by atoms with Crippen LogP contribution in [0.2, 0.25) is 0 Å². The van der Waals surface area contributed by atoms with Gasteiger partial charge in [0.2, 0.25) is 0 Å². The number of carbonyl (C=O) groups excluding carboxylic acids is 1. The van der Waals surface area contributed by atoms with Crippen LogP contribution >= 0.6 is 22.9 Å². The zero-order valence-electron chi connectivity index (χ0n) is 8.78. The number of thiazole rings is 1. The number of rotatable bonds is 6. The third-order valence-electron chi connectivity index (χ3n) is 2.07. The second kappa shape index (κ2) is 6.80. The lowest BCUT2D eigenvalue weighted by Gasteiger charge is -2.20. The minimum Gasteiger partial charge on any atom is -0.337 e. The highest BCUT2D eigenvalue weighted by Gasteiger charge is 2.15. The summed E-state index contributed by atoms with van der Waals surface area (Å²) in [6.45, 7) is 3.49. The Kier molecular flexibility index (Phi) is 5.65. The molecule has 5 heteroatoms. The summed E-state index contributed by atoms with van der Waals surface area (Å²) in [5.74, 6) is 0.528. The zero-order valence-corrected chi connectivity index (χ0v) is 10.4. The van der Waals surface area contributed by atoms with Crippen LogP contribution in [0.25, 0.3) is 0 Å². The van der Waals surface area contributed by atoms with Crippen molar-refractivity contribution in [3.05, 3.63) is 16.6 Å². The molecule has 0 fully saturated rings. The molecule has 0 N–H and O–H groups in total. The number of amides is 1. The molecule has 0 saturated carbocycles. The number of carbonyl (C=O) groups is 1. The number of aromatic nitrogens is 1. The van der Waals surface area contributed by atoms with Crippen molar-refractivity contribution in [2.24, 2.45) is 0 Å². The van der Waals surface area contributed by atoms with E-state index in [9.17, 15) is 4.79 Å². The van der Waals surface area contributed by atoms with Crippen LogP contribution in [-0.2, 0) is 0 Å². The summed E-state index contributed by atoms with van der Waals surface area (Å²) < 4.78 is 0. The first-order valence-electron chi connectivity index (χ1n) is 5.03. The summed E-state index contributed by atoms with van der Waals surface area (Å²) in [6, 6.07) is 0. The second-order valence-corrected chi connectivity index (χ2v) is 4.46. The molecule has 0 spiro atoms. The maximum atomic E-state index is 11.9. The van der Waals surface area contributed by atoms with Crippen molar-refractivity contribution in [2.45, 2.75) is 19.8 Å². The van der Waals surface area contributed by atoms with Gasteiger partial charge in [-0.2, -0.15) is 0 Å². The van der Waals surface area contributed by atoms with Gasteiger partial charge in [-0.05, 0) is 6.42 Å². The van der Waals surface area contributed by atoms with E-state index < -0.39 is 0 Å². The van der Waals surface area contributed by atoms with Gasteiger partial charge in [0.15, 0.2) is 0 Å². The van der Waals surface area contributed by atoms with E-state index in [1.807, 2.05) is 0 Å². The zero-order chi connectivity index (χ0) is 11.1. The first kappa shape index (κ1) is 12.5. The largest absolute Gasteiger partial charge is 0.337 e. The Morgan fingerprint density at radius 3 is 2.93 bits per heavy atom. The second-order valence-electron chi connectivity index (χ2n) is 3.20. The minimum absolute atomic E-state index is 0.0478. The van der Waals surface area contributed by atoms with Gasteiger partial charge in [0, 0.05) is 19.0 Å². The summed E-state index contributed by atoms with van der Waals surface area (Å²) in [5, 5.41) is 0. The van der Waals surface area contributed by atoms with Crippen LogP contribution < -0.4 is 0 Å². The van der Waals surface area contributed by atoms with Gasteiger partial charge in [0.05, 0.1) is 11.7 Å². The van der Waals surface area contributed by atoms with E-state index in [2.05, 4.69) is 11.9 Å². The van der Waals surface area contributed by atoms with Gasteiger partial charge < -0.3 is 4.90 Å². The summed E-state index contributed by atoms with van der Waals surface area (Å²) in [5.41, 5.74) is 1.67. The topological polar surface area (TPSA) is 33.2 Å². The predicted molar refractivity (Wildman–Crippen MR) is 63.6 cm³/mol. The molecule has 84 valence electrons. The number of halogens is 1. The number of hydrogen-bond donors (Lipinski definition) is 0. The molecule has 0 atom stereocenters. The smallest absolute Gasteiger partial charge is 0.265 e. The average molecular weight is 247 g/mol. The molecule has 1 heterocycles. The number of alkyl halides is 1. The van der Waals surface area contributed by atoms with E-state index in [1.165, 1.54) is 11.3 Å². The Hall–Kier alpha value is -0.610. The summed E-state index contributed by atoms with van der Waals surface area (Å²) in [7, 11) is 0. The van der Waals surface area contributed by atoms with Crippen LogP contribution in [0.3, 0.4) is 0 Å². The first-order chi connectivity index (χ1) is 7.29. The summed E-state index contributed by atoms with van der Waals surface area (Å²) >= 11 is 7.05. The van der Waals surface area contributed by atoms with Crippen molar-refractivity contribution in [1.29, 1.82) is 0 Å². The van der Waals surface area contributed by atoms with Gasteiger partial charge in [0.1, 0.15) is 4.88 Å². The Bertz CT molecular complexity index is 290. The number of nitrogens with zero attached hydrogens (tertiary/aromatic N) is 2. The van der Waals surface area contributed by atoms with Crippen molar-refractivity contribution in [3.63, 3.8) is 0 Å². The lowest BCUT2D eigenvalue weighted by molar-refractivity contribution is 0.0768. The molecule has 0 bridgehead atoms. The van der Waals surface area contributed by atoms with Crippen LogP contribution in [0, 0.1) is 0 Å². The maximum Gasteiger partial charge on any atom is 0.265 e. The monoisotopic (exact) mass is 246 g/mol. The highest BCUT2D eigenvalue weighted by atomic mass is 35.5. The van der Waals surface area contributed by atoms with Crippen LogP contribution in [0.5, 0.6) is 0 Å². The van der Waals surface area contributed by atoms with Crippen LogP contribution in [0.15, 0.2) is 11.7 Å². The molecule has 1 rings (SSSR count). The minimum atomic E-state index is 0.0478. The fraction of sp³-hybridized carbons (Fsp3) is 0.600. The molecule has 0 saturated heterocycles. The highest BCUT2D eigenvalue weighted by molar-refractivity contribution is 7.11. The Labute approximate surface area is 99.1 Å². The SMILES string of the molecule is CCCCN(CCCl)C(=O)c1cncs1. The van der Waals surface area contributed by atoms with Crippen LogP contribution in [-0.4, -0.2) is 34.8 Å². The maximum absolute atomic E-state index is 11.9. The number of hydrogen-bond acceptors (Lipinski definition) is 3. The van der Waals surface area contributed by atoms with E-state index in [1.54, 1.807) is 16.6 Å². The normalized spacial score (nSPS) is 10.3. The van der Waals surface area contributed by atoms with E-state index in [0.717, 1.165) is 19.4 Å². The molecule has 3 nitrogen and oxygen atoms in total. The third-order valence-corrected chi connectivity index (χ3v) is 3.00. The molecule has 0 radical (unpaired) electrons. The summed E-state index contributed by atoms with van der Waals surface area (Å²) in [4.78, 5) is 18.3. The molecule has 1 amide bonds. The van der Waals surface area contributed by atoms with Gasteiger partial charge in [0.25, 0.3) is 5.91 Å². The van der Waals surface area contributed by atoms with Gasteiger partial charge in [-0.15, -0.1) is 22.9 Å². The van der Waals surface area contributed by atoms with E-state index >= 15 is 0 Å². The molecular weight excluding hydrogens is 232 g/mol. The quantitative estimate of drug-likeness (QED) is 0.723. The standard InChI is InChI=1S/C10H15ClN2OS/c1-2-3-5-13(6-4-11)10(14)9-7-12-8-15-9/h7-8H,2-6H2,1H3. The van der Waals surface area contributed by atoms with Crippen molar-refractivity contribution in [2.75, 3.05) is 19.0 Å². The molecule has 1 aromatic rings. The van der Waals surface area contributed by atoms with Gasteiger partial charge in [-0.1, -0.05) is 13.3 Å². The predicted octanol–water partition coefficient (Wildman–Crippen LogP) is 2.62. The summed E-state index contributed by atoms with van der Waals surface area (Å²) in [6.07, 6.45) is 3.70. The molecule has 0 aliphatic rings. The Balaban J connectivity index is 2.58. The molecule has 0 aromatic carbocycles. The molecule has 0 aliphatic heterocycles. The molecule has 0 unspecified atom stereocenters. The Morgan fingerprint density at radius 2 is 2.40 bits per heavy atom. The van der Waals surface area contributed by atoms with E-state index in [4.69, 9.17) is 11.6 Å². The van der Waals surface area contributed by atoms with Crippen molar-refractivity contribution in [1.82, 2.24) is 9.88 Å². The third kappa shape index (κ3) is 3.80.